The molecule has 0 fully saturated rings. The lowest BCUT2D eigenvalue weighted by Crippen LogP contribution is -2.06. The number of benzene rings is 2. The summed E-state index contributed by atoms with van der Waals surface area (Å²) in [5.41, 5.74) is 2.13. The van der Waals surface area contributed by atoms with E-state index in [1.54, 1.807) is 18.2 Å². The van der Waals surface area contributed by atoms with Gasteiger partial charge in [-0.1, -0.05) is 50.2 Å². The predicted octanol–water partition coefficient (Wildman–Crippen LogP) is 4.48. The van der Waals surface area contributed by atoms with Crippen LogP contribution in [0.5, 0.6) is 5.75 Å². The fourth-order valence-electron chi connectivity index (χ4n) is 2.25. The topological polar surface area (TPSA) is 46.5 Å². The number of carbonyl (C=O) groups is 1. The monoisotopic (exact) mass is 284 g/mol. The Morgan fingerprint density at radius 1 is 1.14 bits per heavy atom. The quantitative estimate of drug-likeness (QED) is 0.850. The number of ether oxygens (including phenoxy) is 1. The molecule has 3 heteroatoms. The lowest BCUT2D eigenvalue weighted by Gasteiger charge is -2.16. The van der Waals surface area contributed by atoms with Crippen molar-refractivity contribution in [2.24, 2.45) is 0 Å². The van der Waals surface area contributed by atoms with Crippen molar-refractivity contribution in [1.82, 2.24) is 0 Å². The highest BCUT2D eigenvalue weighted by atomic mass is 16.5. The van der Waals surface area contributed by atoms with E-state index in [4.69, 9.17) is 4.74 Å². The van der Waals surface area contributed by atoms with Gasteiger partial charge in [0.2, 0.25) is 0 Å². The molecule has 1 N–H and O–H groups in total. The fourth-order valence-corrected chi connectivity index (χ4v) is 2.25. The molecule has 1 unspecified atom stereocenters. The van der Waals surface area contributed by atoms with E-state index in [9.17, 15) is 9.90 Å². The summed E-state index contributed by atoms with van der Waals surface area (Å²) in [4.78, 5) is 11.2. The lowest BCUT2D eigenvalue weighted by molar-refractivity contribution is 0.0694. The fraction of sp³-hybridized carbons (Fsp3) is 0.278. The first-order valence-corrected chi connectivity index (χ1v) is 7.16. The summed E-state index contributed by atoms with van der Waals surface area (Å²) in [7, 11) is 0. The van der Waals surface area contributed by atoms with Crippen LogP contribution >= 0.6 is 0 Å². The van der Waals surface area contributed by atoms with E-state index < -0.39 is 5.97 Å². The third kappa shape index (κ3) is 3.63. The van der Waals surface area contributed by atoms with Crippen LogP contribution in [0.25, 0.3) is 0 Å². The molecule has 0 saturated carbocycles. The van der Waals surface area contributed by atoms with Gasteiger partial charge in [-0.25, -0.2) is 4.79 Å². The molecular formula is C18H20O3. The Morgan fingerprint density at radius 3 is 2.52 bits per heavy atom. The van der Waals surface area contributed by atoms with Crippen LogP contribution in [0.15, 0.2) is 48.5 Å². The number of aromatic carboxylic acids is 1. The van der Waals surface area contributed by atoms with Crippen LogP contribution in [0.3, 0.4) is 0 Å². The lowest BCUT2D eigenvalue weighted by atomic mass is 9.98. The molecule has 0 aliphatic carbocycles. The van der Waals surface area contributed by atoms with Crippen molar-refractivity contribution in [3.63, 3.8) is 0 Å². The van der Waals surface area contributed by atoms with E-state index in [0.717, 1.165) is 17.7 Å². The first-order valence-electron chi connectivity index (χ1n) is 7.16. The molecular weight excluding hydrogens is 264 g/mol. The molecule has 21 heavy (non-hydrogen) atoms. The third-order valence-electron chi connectivity index (χ3n) is 3.69. The maximum Gasteiger partial charge on any atom is 0.336 e. The van der Waals surface area contributed by atoms with Crippen molar-refractivity contribution < 1.29 is 14.6 Å². The highest BCUT2D eigenvalue weighted by Crippen LogP contribution is 2.29. The molecule has 0 radical (unpaired) electrons. The Morgan fingerprint density at radius 2 is 1.81 bits per heavy atom. The van der Waals surface area contributed by atoms with E-state index in [1.165, 1.54) is 0 Å². The third-order valence-corrected chi connectivity index (χ3v) is 3.69. The number of hydrogen-bond acceptors (Lipinski definition) is 2. The van der Waals surface area contributed by atoms with Crippen LogP contribution < -0.4 is 4.74 Å². The average molecular weight is 284 g/mol. The minimum Gasteiger partial charge on any atom is -0.489 e. The van der Waals surface area contributed by atoms with Crippen molar-refractivity contribution in [3.8, 4) is 5.75 Å². The summed E-state index contributed by atoms with van der Waals surface area (Å²) in [6.07, 6.45) is 1.03. The van der Waals surface area contributed by atoms with E-state index in [-0.39, 0.29) is 6.61 Å². The van der Waals surface area contributed by atoms with Crippen LogP contribution in [0.2, 0.25) is 0 Å². The Balaban J connectivity index is 2.19. The molecule has 0 amide bonds. The Kier molecular flexibility index (Phi) is 4.99. The largest absolute Gasteiger partial charge is 0.489 e. The summed E-state index contributed by atoms with van der Waals surface area (Å²) in [5.74, 6) is 0.312. The normalized spacial score (nSPS) is 11.9. The molecule has 2 aromatic carbocycles. The van der Waals surface area contributed by atoms with Crippen LogP contribution in [-0.2, 0) is 6.61 Å². The zero-order valence-electron chi connectivity index (χ0n) is 12.4. The van der Waals surface area contributed by atoms with Crippen LogP contribution in [0, 0.1) is 0 Å². The summed E-state index contributed by atoms with van der Waals surface area (Å²) in [5, 5.41) is 9.19. The van der Waals surface area contributed by atoms with Gasteiger partial charge in [-0.3, -0.25) is 0 Å². The second kappa shape index (κ2) is 6.93. The number of carboxylic acids is 1. The van der Waals surface area contributed by atoms with Gasteiger partial charge in [0, 0.05) is 5.56 Å². The second-order valence-corrected chi connectivity index (χ2v) is 5.10. The van der Waals surface area contributed by atoms with Crippen molar-refractivity contribution in [2.45, 2.75) is 32.8 Å². The molecule has 0 heterocycles. The van der Waals surface area contributed by atoms with E-state index in [1.807, 2.05) is 24.3 Å². The molecule has 2 rings (SSSR count). The summed E-state index contributed by atoms with van der Waals surface area (Å²) in [6, 6.07) is 14.9. The Bertz CT molecular complexity index is 619. The first kappa shape index (κ1) is 15.1. The molecule has 0 aliphatic heterocycles. The average Bonchev–Trinajstić information content (AvgIpc) is 2.52. The first-order chi connectivity index (χ1) is 10.1. The van der Waals surface area contributed by atoms with Gasteiger partial charge in [-0.2, -0.15) is 0 Å². The highest BCUT2D eigenvalue weighted by molar-refractivity contribution is 5.89. The van der Waals surface area contributed by atoms with Crippen LogP contribution in [0.4, 0.5) is 0 Å². The van der Waals surface area contributed by atoms with Gasteiger partial charge in [0.15, 0.2) is 0 Å². The van der Waals surface area contributed by atoms with Crippen molar-refractivity contribution >= 4 is 5.97 Å². The van der Waals surface area contributed by atoms with E-state index in [2.05, 4.69) is 19.9 Å². The van der Waals surface area contributed by atoms with Crippen molar-refractivity contribution in [3.05, 3.63) is 65.2 Å². The van der Waals surface area contributed by atoms with Gasteiger partial charge < -0.3 is 9.84 Å². The summed E-state index contributed by atoms with van der Waals surface area (Å²) in [6.45, 7) is 4.56. The molecule has 0 bridgehead atoms. The molecule has 110 valence electrons. The maximum absolute atomic E-state index is 11.2. The maximum atomic E-state index is 11.2. The van der Waals surface area contributed by atoms with Gasteiger partial charge >= 0.3 is 5.97 Å². The molecule has 0 aliphatic rings. The minimum atomic E-state index is -0.926. The van der Waals surface area contributed by atoms with E-state index in [0.29, 0.717) is 17.0 Å². The molecule has 0 spiro atoms. The van der Waals surface area contributed by atoms with Gasteiger partial charge in [-0.05, 0) is 30.0 Å². The van der Waals surface area contributed by atoms with Gasteiger partial charge in [0.25, 0.3) is 0 Å². The SMILES string of the molecule is CCC(C)c1ccccc1OCc1ccccc1C(=O)O. The summed E-state index contributed by atoms with van der Waals surface area (Å²) < 4.78 is 5.87. The molecule has 1 atom stereocenters. The van der Waals surface area contributed by atoms with E-state index >= 15 is 0 Å². The van der Waals surface area contributed by atoms with Crippen molar-refractivity contribution in [2.75, 3.05) is 0 Å². The van der Waals surface area contributed by atoms with Gasteiger partial charge in [0.1, 0.15) is 12.4 Å². The number of hydrogen-bond donors (Lipinski definition) is 1. The summed E-state index contributed by atoms with van der Waals surface area (Å²) >= 11 is 0. The smallest absolute Gasteiger partial charge is 0.336 e. The van der Waals surface area contributed by atoms with Crippen LogP contribution in [-0.4, -0.2) is 11.1 Å². The second-order valence-electron chi connectivity index (χ2n) is 5.10. The van der Waals surface area contributed by atoms with Crippen LogP contribution in [0.1, 0.15) is 47.7 Å². The number of para-hydroxylation sites is 1. The zero-order valence-corrected chi connectivity index (χ0v) is 12.4. The molecule has 0 aromatic heterocycles. The highest BCUT2D eigenvalue weighted by Gasteiger charge is 2.12. The minimum absolute atomic E-state index is 0.260. The standard InChI is InChI=1S/C18H20O3/c1-3-13(2)15-9-6-7-11-17(15)21-12-14-8-4-5-10-16(14)18(19)20/h4-11,13H,3,12H2,1-2H3,(H,19,20). The number of rotatable bonds is 6. The zero-order chi connectivity index (χ0) is 15.2. The van der Waals surface area contributed by atoms with Crippen molar-refractivity contribution in [1.29, 1.82) is 0 Å². The number of carboxylic acid groups (broad SMARTS) is 1. The Labute approximate surface area is 125 Å². The van der Waals surface area contributed by atoms with Gasteiger partial charge in [0.05, 0.1) is 5.56 Å². The molecule has 3 nitrogen and oxygen atoms in total. The molecule has 2 aromatic rings. The predicted molar refractivity (Wildman–Crippen MR) is 82.9 cm³/mol. The van der Waals surface area contributed by atoms with Gasteiger partial charge in [-0.15, -0.1) is 0 Å². The Hall–Kier alpha value is -2.29. The molecule has 0 saturated heterocycles.